The van der Waals surface area contributed by atoms with E-state index in [4.69, 9.17) is 9.84 Å². The van der Waals surface area contributed by atoms with Crippen molar-refractivity contribution < 1.29 is 9.53 Å². The first kappa shape index (κ1) is 23.7. The summed E-state index contributed by atoms with van der Waals surface area (Å²) in [5.74, 6) is 0.571. The molecule has 192 valence electrons. The number of nitrogens with zero attached hydrogens (tertiary/aromatic N) is 5. The third-order valence-corrected chi connectivity index (χ3v) is 8.15. The smallest absolute Gasteiger partial charge is 0.296 e. The van der Waals surface area contributed by atoms with Crippen molar-refractivity contribution in [2.45, 2.75) is 38.1 Å². The normalized spacial score (nSPS) is 17.5. The maximum atomic E-state index is 14.0. The Labute approximate surface area is 216 Å². The third kappa shape index (κ3) is 4.09. The number of ether oxygens (including phenoxy) is 1. The molecule has 2 aromatic carbocycles. The van der Waals surface area contributed by atoms with Gasteiger partial charge < -0.3 is 14.2 Å². The van der Waals surface area contributed by atoms with E-state index in [9.17, 15) is 9.59 Å². The number of carbonyl (C=O) groups is 1. The van der Waals surface area contributed by atoms with Crippen LogP contribution in [-0.4, -0.2) is 69.4 Å². The van der Waals surface area contributed by atoms with E-state index < -0.39 is 0 Å². The van der Waals surface area contributed by atoms with Crippen LogP contribution in [0.3, 0.4) is 0 Å². The van der Waals surface area contributed by atoms with E-state index in [0.29, 0.717) is 47.2 Å². The number of benzene rings is 2. The number of fused-ring (bicyclic) bond motifs is 3. The van der Waals surface area contributed by atoms with Crippen LogP contribution in [0.1, 0.15) is 42.6 Å². The highest BCUT2D eigenvalue weighted by Crippen LogP contribution is 2.30. The van der Waals surface area contributed by atoms with Gasteiger partial charge in [0.15, 0.2) is 5.69 Å². The molecule has 1 amide bonds. The minimum absolute atomic E-state index is 0.119. The van der Waals surface area contributed by atoms with Gasteiger partial charge in [-0.1, -0.05) is 37.5 Å². The van der Waals surface area contributed by atoms with Gasteiger partial charge in [-0.05, 0) is 43.2 Å². The van der Waals surface area contributed by atoms with Gasteiger partial charge in [0.05, 0.1) is 12.8 Å². The Hall–Kier alpha value is -3.65. The van der Waals surface area contributed by atoms with Crippen molar-refractivity contribution in [1.29, 1.82) is 0 Å². The first-order valence-electron chi connectivity index (χ1n) is 13.2. The molecule has 0 unspecified atom stereocenters. The molecule has 0 bridgehead atoms. The molecule has 0 atom stereocenters. The van der Waals surface area contributed by atoms with Crippen molar-refractivity contribution in [2.75, 3.05) is 33.3 Å². The molecule has 0 radical (unpaired) electrons. The molecule has 8 nitrogen and oxygen atoms in total. The number of aryl methyl sites for hydroxylation is 1. The summed E-state index contributed by atoms with van der Waals surface area (Å²) in [6.45, 7) is 3.11. The standard InChI is InChI=1S/C29H33N5O3/c1-31-24-11-7-6-10-23(24)25-26(28(35)33-18-16-32(17-19-33)20-8-4-3-5-9-20)30-34(29(36)27(25)31)21-12-14-22(37-2)15-13-21/h6-7,10-15,20H,3-5,8-9,16-19H2,1-2H3. The van der Waals surface area contributed by atoms with E-state index in [1.807, 2.05) is 40.8 Å². The van der Waals surface area contributed by atoms with Crippen LogP contribution in [0.15, 0.2) is 53.3 Å². The number of hydrogen-bond donors (Lipinski definition) is 0. The number of piperazine rings is 1. The largest absolute Gasteiger partial charge is 0.497 e. The monoisotopic (exact) mass is 499 g/mol. The fourth-order valence-corrected chi connectivity index (χ4v) is 6.11. The number of aromatic nitrogens is 3. The lowest BCUT2D eigenvalue weighted by atomic mass is 9.94. The molecule has 2 aliphatic rings. The van der Waals surface area contributed by atoms with Crippen molar-refractivity contribution in [2.24, 2.45) is 7.05 Å². The molecular weight excluding hydrogens is 466 g/mol. The molecule has 6 rings (SSSR count). The molecule has 1 aliphatic heterocycles. The summed E-state index contributed by atoms with van der Waals surface area (Å²) in [4.78, 5) is 32.3. The Bertz CT molecular complexity index is 1510. The average Bonchev–Trinajstić information content (AvgIpc) is 3.26. The lowest BCUT2D eigenvalue weighted by Crippen LogP contribution is -2.52. The molecule has 1 aliphatic carbocycles. The van der Waals surface area contributed by atoms with Crippen LogP contribution >= 0.6 is 0 Å². The van der Waals surface area contributed by atoms with Gasteiger partial charge in [0.2, 0.25) is 0 Å². The van der Waals surface area contributed by atoms with E-state index in [0.717, 1.165) is 24.0 Å². The van der Waals surface area contributed by atoms with Crippen molar-refractivity contribution in [1.82, 2.24) is 24.1 Å². The Kier molecular flexibility index (Phi) is 6.20. The highest BCUT2D eigenvalue weighted by molar-refractivity contribution is 6.16. The van der Waals surface area contributed by atoms with Crippen LogP contribution in [0.5, 0.6) is 5.75 Å². The first-order valence-corrected chi connectivity index (χ1v) is 13.2. The van der Waals surface area contributed by atoms with E-state index in [1.165, 1.54) is 36.8 Å². The second kappa shape index (κ2) is 9.67. The highest BCUT2D eigenvalue weighted by Gasteiger charge is 2.31. The molecule has 1 saturated heterocycles. The molecule has 37 heavy (non-hydrogen) atoms. The highest BCUT2D eigenvalue weighted by atomic mass is 16.5. The third-order valence-electron chi connectivity index (χ3n) is 8.15. The molecule has 0 N–H and O–H groups in total. The molecule has 2 fully saturated rings. The summed E-state index contributed by atoms with van der Waals surface area (Å²) in [6, 6.07) is 15.6. The van der Waals surface area contributed by atoms with Gasteiger partial charge in [-0.25, -0.2) is 0 Å². The minimum atomic E-state index is -0.252. The summed E-state index contributed by atoms with van der Waals surface area (Å²) in [5, 5.41) is 6.22. The van der Waals surface area contributed by atoms with Gasteiger partial charge in [0.25, 0.3) is 11.5 Å². The Morgan fingerprint density at radius 1 is 0.946 bits per heavy atom. The number of amides is 1. The molecule has 8 heteroatoms. The van der Waals surface area contributed by atoms with Gasteiger partial charge in [0.1, 0.15) is 11.3 Å². The van der Waals surface area contributed by atoms with E-state index in [1.54, 1.807) is 31.4 Å². The summed E-state index contributed by atoms with van der Waals surface area (Å²) in [7, 11) is 3.48. The number of hydrogen-bond acceptors (Lipinski definition) is 5. The quantitative estimate of drug-likeness (QED) is 0.425. The second-order valence-electron chi connectivity index (χ2n) is 10.2. The van der Waals surface area contributed by atoms with Gasteiger partial charge in [-0.3, -0.25) is 14.5 Å². The minimum Gasteiger partial charge on any atom is -0.497 e. The van der Waals surface area contributed by atoms with E-state index in [-0.39, 0.29) is 11.5 Å². The molecular formula is C29H33N5O3. The number of carbonyl (C=O) groups excluding carboxylic acids is 1. The fourth-order valence-electron chi connectivity index (χ4n) is 6.11. The Morgan fingerprint density at radius 2 is 1.65 bits per heavy atom. The number of para-hydroxylation sites is 1. The lowest BCUT2D eigenvalue weighted by molar-refractivity contribution is 0.0518. The summed E-state index contributed by atoms with van der Waals surface area (Å²) in [6.07, 6.45) is 6.48. The lowest BCUT2D eigenvalue weighted by Gasteiger charge is -2.40. The van der Waals surface area contributed by atoms with Crippen LogP contribution in [-0.2, 0) is 7.05 Å². The van der Waals surface area contributed by atoms with E-state index >= 15 is 0 Å². The topological polar surface area (TPSA) is 72.6 Å². The zero-order valence-electron chi connectivity index (χ0n) is 21.5. The van der Waals surface area contributed by atoms with Gasteiger partial charge in [0, 0.05) is 55.6 Å². The summed E-state index contributed by atoms with van der Waals surface area (Å²) in [5.41, 5.74) is 2.05. The molecule has 3 heterocycles. The van der Waals surface area contributed by atoms with Gasteiger partial charge >= 0.3 is 0 Å². The van der Waals surface area contributed by atoms with Crippen molar-refractivity contribution in [3.8, 4) is 11.4 Å². The predicted molar refractivity (Wildman–Crippen MR) is 145 cm³/mol. The Morgan fingerprint density at radius 3 is 2.35 bits per heavy atom. The zero-order valence-corrected chi connectivity index (χ0v) is 21.5. The molecule has 1 saturated carbocycles. The maximum Gasteiger partial charge on any atom is 0.296 e. The first-order chi connectivity index (χ1) is 18.1. The Balaban J connectivity index is 1.43. The molecule has 2 aromatic heterocycles. The van der Waals surface area contributed by atoms with E-state index in [2.05, 4.69) is 4.90 Å². The number of methoxy groups -OCH3 is 1. The van der Waals surface area contributed by atoms with Crippen LogP contribution in [0.4, 0.5) is 0 Å². The maximum absolute atomic E-state index is 14.0. The fraction of sp³-hybridized carbons (Fsp3) is 0.414. The van der Waals surface area contributed by atoms with Crippen LogP contribution in [0.25, 0.3) is 27.5 Å². The number of rotatable bonds is 4. The van der Waals surface area contributed by atoms with Crippen molar-refractivity contribution in [3.05, 3.63) is 64.6 Å². The van der Waals surface area contributed by atoms with Crippen molar-refractivity contribution >= 4 is 27.7 Å². The van der Waals surface area contributed by atoms with Gasteiger partial charge in [-0.15, -0.1) is 0 Å². The van der Waals surface area contributed by atoms with Crippen LogP contribution in [0.2, 0.25) is 0 Å². The average molecular weight is 500 g/mol. The predicted octanol–water partition coefficient (Wildman–Crippen LogP) is 3.98. The van der Waals surface area contributed by atoms with Gasteiger partial charge in [-0.2, -0.15) is 9.78 Å². The van der Waals surface area contributed by atoms with Crippen LogP contribution < -0.4 is 10.3 Å². The molecule has 4 aromatic rings. The zero-order chi connectivity index (χ0) is 25.5. The van der Waals surface area contributed by atoms with Crippen LogP contribution in [0, 0.1) is 0 Å². The molecule has 0 spiro atoms. The summed E-state index contributed by atoms with van der Waals surface area (Å²) >= 11 is 0. The summed E-state index contributed by atoms with van der Waals surface area (Å²) < 4.78 is 8.52. The SMILES string of the molecule is COc1ccc(-n2nc(C(=O)N3CCN(C4CCCCC4)CC3)c3c4ccccc4n(C)c3c2=O)cc1. The van der Waals surface area contributed by atoms with Crippen molar-refractivity contribution in [3.63, 3.8) is 0 Å². The second-order valence-corrected chi connectivity index (χ2v) is 10.2.